The van der Waals surface area contributed by atoms with Crippen LogP contribution in [0, 0.1) is 11.6 Å². The van der Waals surface area contributed by atoms with Crippen LogP contribution in [0.2, 0.25) is 0 Å². The average Bonchev–Trinajstić information content (AvgIpc) is 2.66. The summed E-state index contributed by atoms with van der Waals surface area (Å²) in [7, 11) is 3.02. The van der Waals surface area contributed by atoms with Crippen LogP contribution in [0.5, 0.6) is 0 Å². The third-order valence-corrected chi connectivity index (χ3v) is 4.76. The molecule has 2 aromatic rings. The Bertz CT molecular complexity index is 907. The van der Waals surface area contributed by atoms with Crippen molar-refractivity contribution in [1.82, 2.24) is 14.0 Å². The zero-order valence-electron chi connectivity index (χ0n) is 16.8. The van der Waals surface area contributed by atoms with E-state index in [1.165, 1.54) is 29.8 Å². The SMILES string of the molecule is Cn1c(NCCCN(CCO)CCCc2cc(F)cc(F)c2)cc(=O)n(C)c1=O. The Morgan fingerprint density at radius 2 is 1.62 bits per heavy atom. The summed E-state index contributed by atoms with van der Waals surface area (Å²) in [6.45, 7) is 2.46. The number of hydrogen-bond acceptors (Lipinski definition) is 5. The third-order valence-electron chi connectivity index (χ3n) is 4.76. The van der Waals surface area contributed by atoms with Gasteiger partial charge in [-0.25, -0.2) is 13.6 Å². The van der Waals surface area contributed by atoms with Gasteiger partial charge in [0.25, 0.3) is 5.56 Å². The van der Waals surface area contributed by atoms with Crippen molar-refractivity contribution >= 4 is 5.82 Å². The minimum absolute atomic E-state index is 0.0191. The van der Waals surface area contributed by atoms with Gasteiger partial charge in [0.2, 0.25) is 0 Å². The normalized spacial score (nSPS) is 11.2. The molecule has 0 radical (unpaired) electrons. The molecule has 0 saturated carbocycles. The summed E-state index contributed by atoms with van der Waals surface area (Å²) in [5.74, 6) is -0.702. The van der Waals surface area contributed by atoms with E-state index in [2.05, 4.69) is 10.2 Å². The molecule has 0 amide bonds. The molecule has 0 saturated heterocycles. The lowest BCUT2D eigenvalue weighted by Crippen LogP contribution is -2.37. The first kappa shape index (κ1) is 22.8. The Morgan fingerprint density at radius 3 is 2.28 bits per heavy atom. The number of aliphatic hydroxyl groups is 1. The molecule has 2 N–H and O–H groups in total. The molecule has 0 spiro atoms. The van der Waals surface area contributed by atoms with Crippen molar-refractivity contribution in [3.05, 3.63) is 62.3 Å². The molecule has 1 aromatic heterocycles. The number of rotatable bonds is 11. The van der Waals surface area contributed by atoms with Crippen molar-refractivity contribution in [3.63, 3.8) is 0 Å². The first-order chi connectivity index (χ1) is 13.8. The van der Waals surface area contributed by atoms with Crippen LogP contribution < -0.4 is 16.6 Å². The number of aliphatic hydroxyl groups excluding tert-OH is 1. The topological polar surface area (TPSA) is 79.5 Å². The summed E-state index contributed by atoms with van der Waals surface area (Å²) in [4.78, 5) is 25.7. The summed E-state index contributed by atoms with van der Waals surface area (Å²) < 4.78 is 28.9. The average molecular weight is 410 g/mol. The van der Waals surface area contributed by atoms with Crippen molar-refractivity contribution in [2.45, 2.75) is 19.3 Å². The van der Waals surface area contributed by atoms with E-state index in [9.17, 15) is 23.5 Å². The van der Waals surface area contributed by atoms with Gasteiger partial charge in [-0.2, -0.15) is 0 Å². The number of nitrogens with one attached hydrogen (secondary N) is 1. The fraction of sp³-hybridized carbons (Fsp3) is 0.500. The molecular formula is C20H28F2N4O3. The van der Waals surface area contributed by atoms with Gasteiger partial charge in [-0.15, -0.1) is 0 Å². The molecular weight excluding hydrogens is 382 g/mol. The van der Waals surface area contributed by atoms with E-state index >= 15 is 0 Å². The molecule has 0 aliphatic carbocycles. The summed E-state index contributed by atoms with van der Waals surface area (Å²) in [6, 6.07) is 4.90. The van der Waals surface area contributed by atoms with Gasteiger partial charge in [0.05, 0.1) is 6.61 Å². The second kappa shape index (κ2) is 10.9. The van der Waals surface area contributed by atoms with Crippen LogP contribution in [0.3, 0.4) is 0 Å². The van der Waals surface area contributed by atoms with Crippen molar-refractivity contribution < 1.29 is 13.9 Å². The second-order valence-electron chi connectivity index (χ2n) is 7.00. The first-order valence-corrected chi connectivity index (χ1v) is 9.61. The zero-order chi connectivity index (χ0) is 21.4. The van der Waals surface area contributed by atoms with Gasteiger partial charge >= 0.3 is 5.69 Å². The monoisotopic (exact) mass is 410 g/mol. The number of hydrogen-bond donors (Lipinski definition) is 2. The molecule has 7 nitrogen and oxygen atoms in total. The lowest BCUT2D eigenvalue weighted by atomic mass is 10.1. The highest BCUT2D eigenvalue weighted by atomic mass is 19.1. The summed E-state index contributed by atoms with van der Waals surface area (Å²) in [6.07, 6.45) is 1.99. The highest BCUT2D eigenvalue weighted by molar-refractivity contribution is 5.33. The highest BCUT2D eigenvalue weighted by Gasteiger charge is 2.08. The van der Waals surface area contributed by atoms with E-state index in [1.807, 2.05) is 0 Å². The molecule has 2 rings (SSSR count). The van der Waals surface area contributed by atoms with Crippen LogP contribution in [-0.4, -0.2) is 51.9 Å². The van der Waals surface area contributed by atoms with Crippen molar-refractivity contribution in [1.29, 1.82) is 0 Å². The fourth-order valence-corrected chi connectivity index (χ4v) is 3.16. The Labute approximate surface area is 168 Å². The van der Waals surface area contributed by atoms with Gasteiger partial charge in [0, 0.05) is 39.3 Å². The van der Waals surface area contributed by atoms with Crippen LogP contribution in [0.4, 0.5) is 14.6 Å². The summed E-state index contributed by atoms with van der Waals surface area (Å²) in [5.41, 5.74) is -0.151. The second-order valence-corrected chi connectivity index (χ2v) is 7.00. The predicted molar refractivity (Wildman–Crippen MR) is 108 cm³/mol. The summed E-state index contributed by atoms with van der Waals surface area (Å²) >= 11 is 0. The molecule has 0 aliphatic rings. The maximum Gasteiger partial charge on any atom is 0.332 e. The predicted octanol–water partition coefficient (Wildman–Crippen LogP) is 1.09. The minimum atomic E-state index is -0.580. The first-order valence-electron chi connectivity index (χ1n) is 9.61. The molecule has 160 valence electrons. The van der Waals surface area contributed by atoms with E-state index < -0.39 is 17.3 Å². The van der Waals surface area contributed by atoms with E-state index in [4.69, 9.17) is 0 Å². The fourth-order valence-electron chi connectivity index (χ4n) is 3.16. The van der Waals surface area contributed by atoms with E-state index in [1.54, 1.807) is 7.05 Å². The van der Waals surface area contributed by atoms with Gasteiger partial charge in [-0.05, 0) is 50.0 Å². The van der Waals surface area contributed by atoms with Crippen LogP contribution >= 0.6 is 0 Å². The largest absolute Gasteiger partial charge is 0.395 e. The number of anilines is 1. The Hall–Kier alpha value is -2.52. The van der Waals surface area contributed by atoms with Crippen LogP contribution in [0.15, 0.2) is 33.9 Å². The lowest BCUT2D eigenvalue weighted by molar-refractivity contribution is 0.194. The summed E-state index contributed by atoms with van der Waals surface area (Å²) in [5, 5.41) is 12.3. The molecule has 0 aliphatic heterocycles. The maximum absolute atomic E-state index is 13.2. The number of benzene rings is 1. The molecule has 29 heavy (non-hydrogen) atoms. The number of nitrogens with zero attached hydrogens (tertiary/aromatic N) is 3. The Balaban J connectivity index is 1.80. The van der Waals surface area contributed by atoms with Crippen molar-refractivity contribution in [2.24, 2.45) is 14.1 Å². The quantitative estimate of drug-likeness (QED) is 0.542. The van der Waals surface area contributed by atoms with E-state index in [0.29, 0.717) is 50.4 Å². The Morgan fingerprint density at radius 1 is 0.966 bits per heavy atom. The molecule has 1 heterocycles. The molecule has 0 bridgehead atoms. The zero-order valence-corrected chi connectivity index (χ0v) is 16.8. The van der Waals surface area contributed by atoms with E-state index in [0.717, 1.165) is 17.1 Å². The molecule has 9 heteroatoms. The van der Waals surface area contributed by atoms with Crippen LogP contribution in [0.25, 0.3) is 0 Å². The number of aromatic nitrogens is 2. The van der Waals surface area contributed by atoms with Gasteiger partial charge in [-0.3, -0.25) is 13.9 Å². The van der Waals surface area contributed by atoms with Gasteiger partial charge in [0.1, 0.15) is 17.5 Å². The number of halogens is 2. The standard InChI is InChI=1S/C20H28F2N4O3/c1-24-18(14-19(28)25(2)20(24)29)23-6-4-8-26(9-10-27)7-3-5-15-11-16(21)13-17(22)12-15/h11-14,23,27H,3-10H2,1-2H3. The molecule has 1 aromatic carbocycles. The molecule has 0 unspecified atom stereocenters. The van der Waals surface area contributed by atoms with Crippen molar-refractivity contribution in [2.75, 3.05) is 38.1 Å². The van der Waals surface area contributed by atoms with Gasteiger partial charge < -0.3 is 15.3 Å². The van der Waals surface area contributed by atoms with Crippen LogP contribution in [-0.2, 0) is 20.5 Å². The molecule has 0 atom stereocenters. The maximum atomic E-state index is 13.2. The molecule has 0 fully saturated rings. The lowest BCUT2D eigenvalue weighted by Gasteiger charge is -2.21. The van der Waals surface area contributed by atoms with Gasteiger partial charge in [-0.1, -0.05) is 0 Å². The minimum Gasteiger partial charge on any atom is -0.395 e. The Kier molecular flexibility index (Phi) is 8.53. The van der Waals surface area contributed by atoms with Crippen molar-refractivity contribution in [3.8, 4) is 0 Å². The third kappa shape index (κ3) is 6.79. The van der Waals surface area contributed by atoms with Crippen LogP contribution in [0.1, 0.15) is 18.4 Å². The smallest absolute Gasteiger partial charge is 0.332 e. The van der Waals surface area contributed by atoms with Gasteiger partial charge in [0.15, 0.2) is 0 Å². The van der Waals surface area contributed by atoms with E-state index in [-0.39, 0.29) is 12.2 Å². The number of aryl methyl sites for hydroxylation is 1. The highest BCUT2D eigenvalue weighted by Crippen LogP contribution is 2.10.